The van der Waals surface area contributed by atoms with Gasteiger partial charge >= 0.3 is 0 Å². The van der Waals surface area contributed by atoms with Crippen LogP contribution in [0.2, 0.25) is 0 Å². The number of aryl methyl sites for hydroxylation is 1. The van der Waals surface area contributed by atoms with Gasteiger partial charge in [0.05, 0.1) is 13.2 Å². The molecule has 0 unspecified atom stereocenters. The monoisotopic (exact) mass is 409 g/mol. The van der Waals surface area contributed by atoms with Crippen molar-refractivity contribution in [3.8, 4) is 11.5 Å². The summed E-state index contributed by atoms with van der Waals surface area (Å²) in [4.78, 5) is 26.1. The van der Waals surface area contributed by atoms with E-state index < -0.39 is 0 Å². The topological polar surface area (TPSA) is 55.8 Å². The highest BCUT2D eigenvalue weighted by atomic mass is 16.5. The Morgan fingerprint density at radius 1 is 0.900 bits per heavy atom. The summed E-state index contributed by atoms with van der Waals surface area (Å²) in [5, 5.41) is 0. The highest BCUT2D eigenvalue weighted by molar-refractivity contribution is 6.07. The van der Waals surface area contributed by atoms with Crippen LogP contribution in [-0.4, -0.2) is 43.9 Å². The fourth-order valence-electron chi connectivity index (χ4n) is 2.82. The minimum atomic E-state index is -0.135. The lowest BCUT2D eigenvalue weighted by Crippen LogP contribution is -2.21. The number of carbonyl (C=O) groups is 2. The van der Waals surface area contributed by atoms with Crippen LogP contribution in [0.1, 0.15) is 58.5 Å². The standard InChI is InChI=1S/C25H31NO4/c1-6-14-29-23-17-24(30-15-7-2)21(16-18(23)3)12-13-22(27)19-8-10-20(11-9-19)25(28)26(4)5/h8-13,16-17H,6-7,14-15H2,1-5H3. The van der Waals surface area contributed by atoms with Crippen molar-refractivity contribution in [3.05, 3.63) is 64.7 Å². The molecule has 0 heterocycles. The smallest absolute Gasteiger partial charge is 0.253 e. The van der Waals surface area contributed by atoms with Crippen LogP contribution in [-0.2, 0) is 0 Å². The van der Waals surface area contributed by atoms with Gasteiger partial charge in [-0.05, 0) is 55.7 Å². The summed E-state index contributed by atoms with van der Waals surface area (Å²) < 4.78 is 11.7. The van der Waals surface area contributed by atoms with Crippen molar-refractivity contribution in [3.63, 3.8) is 0 Å². The summed E-state index contributed by atoms with van der Waals surface area (Å²) in [5.74, 6) is 1.27. The normalized spacial score (nSPS) is 10.8. The van der Waals surface area contributed by atoms with Gasteiger partial charge in [-0.3, -0.25) is 9.59 Å². The van der Waals surface area contributed by atoms with Gasteiger partial charge in [-0.2, -0.15) is 0 Å². The zero-order valence-electron chi connectivity index (χ0n) is 18.5. The van der Waals surface area contributed by atoms with Gasteiger partial charge in [-0.1, -0.05) is 26.0 Å². The largest absolute Gasteiger partial charge is 0.493 e. The van der Waals surface area contributed by atoms with E-state index in [4.69, 9.17) is 9.47 Å². The highest BCUT2D eigenvalue weighted by Crippen LogP contribution is 2.30. The first kappa shape index (κ1) is 23.2. The number of amides is 1. The summed E-state index contributed by atoms with van der Waals surface area (Å²) in [7, 11) is 3.39. The summed E-state index contributed by atoms with van der Waals surface area (Å²) in [6, 6.07) is 10.5. The maximum absolute atomic E-state index is 12.6. The average molecular weight is 410 g/mol. The number of allylic oxidation sites excluding steroid dienone is 1. The molecule has 0 saturated carbocycles. The lowest BCUT2D eigenvalue weighted by Gasteiger charge is -2.14. The Morgan fingerprint density at radius 3 is 2.03 bits per heavy atom. The maximum Gasteiger partial charge on any atom is 0.253 e. The third kappa shape index (κ3) is 6.21. The van der Waals surface area contributed by atoms with Crippen molar-refractivity contribution >= 4 is 17.8 Å². The van der Waals surface area contributed by atoms with E-state index in [1.807, 2.05) is 26.0 Å². The van der Waals surface area contributed by atoms with Crippen molar-refractivity contribution in [2.75, 3.05) is 27.3 Å². The Morgan fingerprint density at radius 2 is 1.47 bits per heavy atom. The SMILES string of the molecule is CCCOc1cc(OCCC)c(C=CC(=O)c2ccc(C(=O)N(C)C)cc2)cc1C. The van der Waals surface area contributed by atoms with Crippen LogP contribution in [0.4, 0.5) is 0 Å². The van der Waals surface area contributed by atoms with Gasteiger partial charge in [-0.25, -0.2) is 0 Å². The first-order valence-corrected chi connectivity index (χ1v) is 10.3. The summed E-state index contributed by atoms with van der Waals surface area (Å²) in [6.45, 7) is 7.33. The van der Waals surface area contributed by atoms with Gasteiger partial charge in [0.15, 0.2) is 5.78 Å². The van der Waals surface area contributed by atoms with Gasteiger partial charge in [0.2, 0.25) is 0 Å². The molecule has 160 valence electrons. The van der Waals surface area contributed by atoms with Gasteiger partial charge in [0.25, 0.3) is 5.91 Å². The molecule has 5 nitrogen and oxygen atoms in total. The number of ketones is 1. The zero-order valence-corrected chi connectivity index (χ0v) is 18.5. The molecule has 0 N–H and O–H groups in total. The minimum Gasteiger partial charge on any atom is -0.493 e. The average Bonchev–Trinajstić information content (AvgIpc) is 2.75. The Labute approximate surface area is 179 Å². The summed E-state index contributed by atoms with van der Waals surface area (Å²) in [5.41, 5.74) is 2.90. The highest BCUT2D eigenvalue weighted by Gasteiger charge is 2.11. The van der Waals surface area contributed by atoms with Gasteiger partial charge in [0, 0.05) is 36.9 Å². The lowest BCUT2D eigenvalue weighted by atomic mass is 10.0. The molecule has 0 spiro atoms. The van der Waals surface area contributed by atoms with Crippen LogP contribution in [0.25, 0.3) is 6.08 Å². The first-order valence-electron chi connectivity index (χ1n) is 10.3. The maximum atomic E-state index is 12.6. The molecule has 0 fully saturated rings. The van der Waals surface area contributed by atoms with Crippen LogP contribution < -0.4 is 9.47 Å². The van der Waals surface area contributed by atoms with Crippen LogP contribution in [0.5, 0.6) is 11.5 Å². The molecular formula is C25H31NO4. The Hall–Kier alpha value is -3.08. The first-order chi connectivity index (χ1) is 14.4. The van der Waals surface area contributed by atoms with E-state index in [0.717, 1.165) is 29.7 Å². The fourth-order valence-corrected chi connectivity index (χ4v) is 2.82. The van der Waals surface area contributed by atoms with Crippen LogP contribution in [0.3, 0.4) is 0 Å². The molecule has 0 aliphatic carbocycles. The molecule has 5 heteroatoms. The van der Waals surface area contributed by atoms with Crippen LogP contribution >= 0.6 is 0 Å². The second-order valence-electron chi connectivity index (χ2n) is 7.33. The predicted octanol–water partition coefficient (Wildman–Crippen LogP) is 5.17. The van der Waals surface area contributed by atoms with E-state index in [-0.39, 0.29) is 11.7 Å². The van der Waals surface area contributed by atoms with E-state index in [9.17, 15) is 9.59 Å². The second kappa shape index (κ2) is 11.2. The molecule has 0 aliphatic heterocycles. The molecule has 30 heavy (non-hydrogen) atoms. The molecule has 0 aromatic heterocycles. The lowest BCUT2D eigenvalue weighted by molar-refractivity contribution is 0.0827. The van der Waals surface area contributed by atoms with E-state index >= 15 is 0 Å². The van der Waals surface area contributed by atoms with Gasteiger partial charge < -0.3 is 14.4 Å². The molecular weight excluding hydrogens is 378 g/mol. The third-order valence-electron chi connectivity index (χ3n) is 4.47. The van der Waals surface area contributed by atoms with Crippen molar-refractivity contribution in [2.45, 2.75) is 33.6 Å². The van der Waals surface area contributed by atoms with E-state index in [1.165, 1.54) is 11.0 Å². The van der Waals surface area contributed by atoms with Gasteiger partial charge in [-0.15, -0.1) is 0 Å². The van der Waals surface area contributed by atoms with E-state index in [1.54, 1.807) is 44.4 Å². The zero-order chi connectivity index (χ0) is 22.1. The summed E-state index contributed by atoms with van der Waals surface area (Å²) >= 11 is 0. The number of ether oxygens (including phenoxy) is 2. The summed E-state index contributed by atoms with van der Waals surface area (Å²) in [6.07, 6.45) is 5.12. The molecule has 0 bridgehead atoms. The Kier molecular flexibility index (Phi) is 8.66. The Balaban J connectivity index is 2.23. The number of hydrogen-bond acceptors (Lipinski definition) is 4. The van der Waals surface area contributed by atoms with E-state index in [2.05, 4.69) is 6.92 Å². The number of rotatable bonds is 10. The molecule has 0 atom stereocenters. The molecule has 2 aromatic carbocycles. The number of hydrogen-bond donors (Lipinski definition) is 0. The van der Waals surface area contributed by atoms with Crippen LogP contribution in [0, 0.1) is 6.92 Å². The molecule has 0 aliphatic rings. The van der Waals surface area contributed by atoms with Crippen molar-refractivity contribution in [2.24, 2.45) is 0 Å². The quantitative estimate of drug-likeness (QED) is 0.401. The van der Waals surface area contributed by atoms with E-state index in [0.29, 0.717) is 30.1 Å². The second-order valence-corrected chi connectivity index (χ2v) is 7.33. The van der Waals surface area contributed by atoms with Crippen molar-refractivity contribution in [1.29, 1.82) is 0 Å². The van der Waals surface area contributed by atoms with Gasteiger partial charge in [0.1, 0.15) is 11.5 Å². The molecule has 0 saturated heterocycles. The Bertz CT molecular complexity index is 898. The van der Waals surface area contributed by atoms with Crippen LogP contribution in [0.15, 0.2) is 42.5 Å². The molecule has 2 rings (SSSR count). The molecule has 2 aromatic rings. The van der Waals surface area contributed by atoms with Crippen molar-refractivity contribution < 1.29 is 19.1 Å². The fraction of sp³-hybridized carbons (Fsp3) is 0.360. The van der Waals surface area contributed by atoms with Crippen molar-refractivity contribution in [1.82, 2.24) is 4.90 Å². The molecule has 1 amide bonds. The molecule has 0 radical (unpaired) electrons. The number of benzene rings is 2. The minimum absolute atomic E-state index is 0.0943. The predicted molar refractivity (Wildman–Crippen MR) is 121 cm³/mol. The third-order valence-corrected chi connectivity index (χ3v) is 4.47. The number of nitrogens with zero attached hydrogens (tertiary/aromatic N) is 1. The number of carbonyl (C=O) groups excluding carboxylic acids is 2.